The highest BCUT2D eigenvalue weighted by Crippen LogP contribution is 2.22. The number of halogens is 1. The molecule has 130 valence electrons. The van der Waals surface area contributed by atoms with Crippen LogP contribution >= 0.6 is 11.6 Å². The smallest absolute Gasteiger partial charge is 0.272 e. The van der Waals surface area contributed by atoms with E-state index < -0.39 is 16.7 Å². The summed E-state index contributed by atoms with van der Waals surface area (Å²) in [7, 11) is 0. The van der Waals surface area contributed by atoms with Crippen molar-refractivity contribution in [2.24, 2.45) is 0 Å². The topological polar surface area (TPSA) is 101 Å². The van der Waals surface area contributed by atoms with E-state index in [1.807, 2.05) is 6.92 Å². The lowest BCUT2D eigenvalue weighted by Crippen LogP contribution is -2.32. The van der Waals surface area contributed by atoms with E-state index in [2.05, 4.69) is 10.6 Å². The second kappa shape index (κ2) is 7.76. The Morgan fingerprint density at radius 1 is 1.16 bits per heavy atom. The SMILES string of the molecule is Cc1ccc(NC(=O)CNC(=O)c2ccc([N+](=O)[O-])c(C)c2)c(Cl)c1. The summed E-state index contributed by atoms with van der Waals surface area (Å²) in [5.41, 5.74) is 1.96. The van der Waals surface area contributed by atoms with Crippen molar-refractivity contribution in [1.29, 1.82) is 0 Å². The minimum absolute atomic E-state index is 0.0664. The molecule has 0 saturated heterocycles. The summed E-state index contributed by atoms with van der Waals surface area (Å²) in [6.07, 6.45) is 0. The van der Waals surface area contributed by atoms with Crippen LogP contribution in [-0.4, -0.2) is 23.3 Å². The quantitative estimate of drug-likeness (QED) is 0.630. The van der Waals surface area contributed by atoms with Gasteiger partial charge in [-0.2, -0.15) is 0 Å². The van der Waals surface area contributed by atoms with Crippen LogP contribution in [0.5, 0.6) is 0 Å². The van der Waals surface area contributed by atoms with Crippen LogP contribution in [0.25, 0.3) is 0 Å². The van der Waals surface area contributed by atoms with Crippen molar-refractivity contribution in [2.45, 2.75) is 13.8 Å². The molecule has 0 spiro atoms. The van der Waals surface area contributed by atoms with E-state index in [4.69, 9.17) is 11.6 Å². The number of nitrogens with one attached hydrogen (secondary N) is 2. The van der Waals surface area contributed by atoms with Crippen LogP contribution in [0.3, 0.4) is 0 Å². The molecule has 0 radical (unpaired) electrons. The zero-order valence-electron chi connectivity index (χ0n) is 13.6. The van der Waals surface area contributed by atoms with E-state index >= 15 is 0 Å². The normalized spacial score (nSPS) is 10.2. The van der Waals surface area contributed by atoms with Gasteiger partial charge in [0.2, 0.25) is 5.91 Å². The second-order valence-electron chi connectivity index (χ2n) is 5.47. The van der Waals surface area contributed by atoms with Crippen molar-refractivity contribution < 1.29 is 14.5 Å². The van der Waals surface area contributed by atoms with Gasteiger partial charge in [0.15, 0.2) is 0 Å². The molecule has 2 amide bonds. The third-order valence-electron chi connectivity index (χ3n) is 3.46. The number of nitro groups is 1. The molecule has 0 heterocycles. The monoisotopic (exact) mass is 361 g/mol. The number of nitrogens with zero attached hydrogens (tertiary/aromatic N) is 1. The molecule has 25 heavy (non-hydrogen) atoms. The first-order valence-electron chi connectivity index (χ1n) is 7.37. The second-order valence-corrected chi connectivity index (χ2v) is 5.88. The largest absolute Gasteiger partial charge is 0.343 e. The van der Waals surface area contributed by atoms with Crippen LogP contribution < -0.4 is 10.6 Å². The fraction of sp³-hybridized carbons (Fsp3) is 0.176. The van der Waals surface area contributed by atoms with E-state index in [9.17, 15) is 19.7 Å². The maximum atomic E-state index is 12.1. The van der Waals surface area contributed by atoms with Crippen molar-refractivity contribution >= 4 is 34.8 Å². The van der Waals surface area contributed by atoms with E-state index in [-0.39, 0.29) is 17.8 Å². The Morgan fingerprint density at radius 2 is 1.88 bits per heavy atom. The minimum atomic E-state index is -0.518. The number of benzene rings is 2. The van der Waals surface area contributed by atoms with Gasteiger partial charge in [0, 0.05) is 17.2 Å². The van der Waals surface area contributed by atoms with Crippen LogP contribution in [-0.2, 0) is 4.79 Å². The van der Waals surface area contributed by atoms with Crippen molar-refractivity contribution in [3.63, 3.8) is 0 Å². The Hall–Kier alpha value is -2.93. The number of anilines is 1. The number of nitro benzene ring substituents is 1. The van der Waals surface area contributed by atoms with Gasteiger partial charge in [-0.05, 0) is 43.7 Å². The summed E-state index contributed by atoms with van der Waals surface area (Å²) in [4.78, 5) is 34.2. The molecule has 2 aromatic carbocycles. The molecule has 2 rings (SSSR count). The summed E-state index contributed by atoms with van der Waals surface area (Å²) in [6.45, 7) is 3.17. The van der Waals surface area contributed by atoms with Gasteiger partial charge in [-0.1, -0.05) is 17.7 Å². The van der Waals surface area contributed by atoms with Gasteiger partial charge in [0.1, 0.15) is 0 Å². The predicted molar refractivity (Wildman–Crippen MR) is 95.0 cm³/mol. The Balaban J connectivity index is 1.96. The average Bonchev–Trinajstić information content (AvgIpc) is 2.54. The molecule has 0 bridgehead atoms. The summed E-state index contributed by atoms with van der Waals surface area (Å²) in [6, 6.07) is 9.21. The maximum absolute atomic E-state index is 12.1. The highest BCUT2D eigenvalue weighted by Gasteiger charge is 2.14. The number of hydrogen-bond donors (Lipinski definition) is 2. The third kappa shape index (κ3) is 4.77. The van der Waals surface area contributed by atoms with Crippen LogP contribution in [0.15, 0.2) is 36.4 Å². The van der Waals surface area contributed by atoms with Gasteiger partial charge in [0.05, 0.1) is 22.2 Å². The molecule has 8 heteroatoms. The first kappa shape index (κ1) is 18.4. The molecule has 0 aliphatic rings. The van der Waals surface area contributed by atoms with E-state index in [0.717, 1.165) is 5.56 Å². The molecular weight excluding hydrogens is 346 g/mol. The van der Waals surface area contributed by atoms with Crippen molar-refractivity contribution in [2.75, 3.05) is 11.9 Å². The number of hydrogen-bond acceptors (Lipinski definition) is 4. The third-order valence-corrected chi connectivity index (χ3v) is 3.78. The number of carbonyl (C=O) groups is 2. The zero-order chi connectivity index (χ0) is 18.6. The molecular formula is C17H16ClN3O4. The lowest BCUT2D eigenvalue weighted by molar-refractivity contribution is -0.385. The lowest BCUT2D eigenvalue weighted by atomic mass is 10.1. The summed E-state index contributed by atoms with van der Waals surface area (Å²) < 4.78 is 0. The fourth-order valence-electron chi connectivity index (χ4n) is 2.18. The van der Waals surface area contributed by atoms with Gasteiger partial charge in [-0.3, -0.25) is 19.7 Å². The van der Waals surface area contributed by atoms with Crippen LogP contribution in [0.4, 0.5) is 11.4 Å². The van der Waals surface area contributed by atoms with Crippen molar-refractivity contribution in [3.8, 4) is 0 Å². The Bertz CT molecular complexity index is 852. The van der Waals surface area contributed by atoms with Crippen LogP contribution in [0.2, 0.25) is 5.02 Å². The molecule has 0 unspecified atom stereocenters. The first-order valence-corrected chi connectivity index (χ1v) is 7.75. The molecule has 0 aromatic heterocycles. The predicted octanol–water partition coefficient (Wildman–Crippen LogP) is 3.23. The van der Waals surface area contributed by atoms with Gasteiger partial charge >= 0.3 is 0 Å². The number of carbonyl (C=O) groups excluding carboxylic acids is 2. The van der Waals surface area contributed by atoms with Gasteiger partial charge in [-0.25, -0.2) is 0 Å². The summed E-state index contributed by atoms with van der Waals surface area (Å²) >= 11 is 6.03. The van der Waals surface area contributed by atoms with Crippen molar-refractivity contribution in [3.05, 3.63) is 68.2 Å². The van der Waals surface area contributed by atoms with E-state index in [1.165, 1.54) is 18.2 Å². The van der Waals surface area contributed by atoms with Crippen LogP contribution in [0, 0.1) is 24.0 Å². The summed E-state index contributed by atoms with van der Waals surface area (Å²) in [5.74, 6) is -0.930. The first-order chi connectivity index (χ1) is 11.8. The highest BCUT2D eigenvalue weighted by atomic mass is 35.5. The molecule has 0 aliphatic heterocycles. The van der Waals surface area contributed by atoms with Crippen LogP contribution in [0.1, 0.15) is 21.5 Å². The van der Waals surface area contributed by atoms with Crippen molar-refractivity contribution in [1.82, 2.24) is 5.32 Å². The molecule has 0 atom stereocenters. The molecule has 2 N–H and O–H groups in total. The highest BCUT2D eigenvalue weighted by molar-refractivity contribution is 6.33. The average molecular weight is 362 g/mol. The molecule has 7 nitrogen and oxygen atoms in total. The van der Waals surface area contributed by atoms with Gasteiger partial charge in [0.25, 0.3) is 11.6 Å². The maximum Gasteiger partial charge on any atom is 0.272 e. The molecule has 0 fully saturated rings. The zero-order valence-corrected chi connectivity index (χ0v) is 14.4. The van der Waals surface area contributed by atoms with Gasteiger partial charge in [-0.15, -0.1) is 0 Å². The number of amides is 2. The number of aryl methyl sites for hydroxylation is 2. The Labute approximate surface area is 149 Å². The molecule has 0 aliphatic carbocycles. The summed E-state index contributed by atoms with van der Waals surface area (Å²) in [5, 5.41) is 16.3. The Kier molecular flexibility index (Phi) is 5.71. The van der Waals surface area contributed by atoms with E-state index in [1.54, 1.807) is 25.1 Å². The Morgan fingerprint density at radius 3 is 2.48 bits per heavy atom. The molecule has 2 aromatic rings. The minimum Gasteiger partial charge on any atom is -0.343 e. The number of rotatable bonds is 5. The molecule has 0 saturated carbocycles. The standard InChI is InChI=1S/C17H16ClN3O4/c1-10-3-5-14(13(18)7-10)20-16(22)9-19-17(23)12-4-6-15(21(24)25)11(2)8-12/h3-8H,9H2,1-2H3,(H,19,23)(H,20,22). The lowest BCUT2D eigenvalue weighted by Gasteiger charge is -2.09. The van der Waals surface area contributed by atoms with E-state index in [0.29, 0.717) is 16.3 Å². The fourth-order valence-corrected chi connectivity index (χ4v) is 2.46. The van der Waals surface area contributed by atoms with Gasteiger partial charge < -0.3 is 10.6 Å².